The van der Waals surface area contributed by atoms with Crippen LogP contribution in [0, 0.1) is 0 Å². The smallest absolute Gasteiger partial charge is 0.0947 e. The van der Waals surface area contributed by atoms with Gasteiger partial charge in [0.25, 0.3) is 0 Å². The van der Waals surface area contributed by atoms with E-state index in [0.29, 0.717) is 0 Å². The predicted octanol–water partition coefficient (Wildman–Crippen LogP) is 2.49. The van der Waals surface area contributed by atoms with Crippen LogP contribution in [0.2, 0.25) is 0 Å². The summed E-state index contributed by atoms with van der Waals surface area (Å²) in [6, 6.07) is 4.27. The molecule has 0 bridgehead atoms. The topological polar surface area (TPSA) is 28.4 Å². The zero-order valence-electron chi connectivity index (χ0n) is 10.4. The number of nitrogens with one attached hydrogen (secondary N) is 1. The molecule has 1 aliphatic rings. The highest BCUT2D eigenvalue weighted by molar-refractivity contribution is 7.10. The van der Waals surface area contributed by atoms with Gasteiger partial charge in [0.2, 0.25) is 0 Å². The Bertz CT molecular complexity index is 478. The first-order chi connectivity index (χ1) is 8.92. The molecule has 0 saturated heterocycles. The lowest BCUT2D eigenvalue weighted by Crippen LogP contribution is -2.35. The van der Waals surface area contributed by atoms with Crippen molar-refractivity contribution in [3.63, 3.8) is 0 Å². The van der Waals surface area contributed by atoms with Gasteiger partial charge >= 0.3 is 0 Å². The third-order valence-corrected chi connectivity index (χ3v) is 4.42. The number of fused-ring (bicyclic) bond motifs is 1. The lowest BCUT2D eigenvalue weighted by atomic mass is 10.1. The van der Waals surface area contributed by atoms with E-state index in [1.165, 1.54) is 24.1 Å². The lowest BCUT2D eigenvalue weighted by molar-refractivity contribution is 0.255. The molecule has 2 aromatic rings. The van der Waals surface area contributed by atoms with Gasteiger partial charge in [0.1, 0.15) is 0 Å². The van der Waals surface area contributed by atoms with E-state index in [4.69, 9.17) is 4.42 Å². The minimum absolute atomic E-state index is 0.897. The molecule has 3 rings (SSSR count). The summed E-state index contributed by atoms with van der Waals surface area (Å²) in [7, 11) is 0. The fourth-order valence-corrected chi connectivity index (χ4v) is 3.25. The Balaban J connectivity index is 1.40. The molecule has 3 nitrogen and oxygen atoms in total. The van der Waals surface area contributed by atoms with Crippen molar-refractivity contribution in [1.82, 2.24) is 10.2 Å². The maximum Gasteiger partial charge on any atom is 0.0947 e. The first kappa shape index (κ1) is 12.0. The van der Waals surface area contributed by atoms with Crippen LogP contribution in [0.15, 0.2) is 34.5 Å². The number of thiophene rings is 1. The van der Waals surface area contributed by atoms with Crippen LogP contribution >= 0.6 is 11.3 Å². The number of hydrogen-bond acceptors (Lipinski definition) is 4. The molecule has 0 aliphatic carbocycles. The minimum Gasteiger partial charge on any atom is -0.472 e. The Hall–Kier alpha value is -1.10. The van der Waals surface area contributed by atoms with E-state index in [-0.39, 0.29) is 0 Å². The summed E-state index contributed by atoms with van der Waals surface area (Å²) in [4.78, 5) is 4.11. The van der Waals surface area contributed by atoms with Crippen LogP contribution in [0.25, 0.3) is 0 Å². The van der Waals surface area contributed by atoms with Crippen molar-refractivity contribution in [2.75, 3.05) is 19.6 Å². The molecule has 0 radical (unpaired) electrons. The van der Waals surface area contributed by atoms with Gasteiger partial charge in [-0.15, -0.1) is 11.3 Å². The molecule has 3 heterocycles. The SMILES string of the molecule is c1cc(CNCCN2CCc3sccc3C2)co1. The van der Waals surface area contributed by atoms with Crippen molar-refractivity contribution in [3.8, 4) is 0 Å². The van der Waals surface area contributed by atoms with Crippen LogP contribution in [0.1, 0.15) is 16.0 Å². The van der Waals surface area contributed by atoms with Crippen LogP contribution in [-0.4, -0.2) is 24.5 Å². The van der Waals surface area contributed by atoms with Gasteiger partial charge in [-0.1, -0.05) is 0 Å². The van der Waals surface area contributed by atoms with Crippen molar-refractivity contribution >= 4 is 11.3 Å². The van der Waals surface area contributed by atoms with Gasteiger partial charge < -0.3 is 9.73 Å². The van der Waals surface area contributed by atoms with Crippen LogP contribution in [-0.2, 0) is 19.5 Å². The summed E-state index contributed by atoms with van der Waals surface area (Å²) in [5, 5.41) is 5.67. The average Bonchev–Trinajstić information content (AvgIpc) is 3.05. The summed E-state index contributed by atoms with van der Waals surface area (Å²) in [5.74, 6) is 0. The highest BCUT2D eigenvalue weighted by Gasteiger charge is 2.16. The van der Waals surface area contributed by atoms with Gasteiger partial charge in [0.05, 0.1) is 12.5 Å². The monoisotopic (exact) mass is 262 g/mol. The van der Waals surface area contributed by atoms with Gasteiger partial charge in [-0.05, 0) is 29.5 Å². The first-order valence-electron chi connectivity index (χ1n) is 6.41. The van der Waals surface area contributed by atoms with E-state index < -0.39 is 0 Å². The molecular formula is C14H18N2OS. The molecule has 4 heteroatoms. The van der Waals surface area contributed by atoms with Crippen molar-refractivity contribution in [2.45, 2.75) is 19.5 Å². The van der Waals surface area contributed by atoms with E-state index in [2.05, 4.69) is 21.7 Å². The fourth-order valence-electron chi connectivity index (χ4n) is 2.36. The Kier molecular flexibility index (Phi) is 3.78. The molecule has 0 atom stereocenters. The van der Waals surface area contributed by atoms with E-state index in [1.54, 1.807) is 17.4 Å². The molecule has 0 aromatic carbocycles. The molecule has 0 spiro atoms. The Morgan fingerprint density at radius 2 is 2.39 bits per heavy atom. The average molecular weight is 262 g/mol. The zero-order chi connectivity index (χ0) is 12.2. The molecule has 96 valence electrons. The molecule has 2 aromatic heterocycles. The lowest BCUT2D eigenvalue weighted by Gasteiger charge is -2.26. The maximum atomic E-state index is 5.04. The number of rotatable bonds is 5. The fraction of sp³-hybridized carbons (Fsp3) is 0.429. The number of hydrogen-bond donors (Lipinski definition) is 1. The summed E-state index contributed by atoms with van der Waals surface area (Å²) < 4.78 is 5.04. The normalized spacial score (nSPS) is 15.8. The Morgan fingerprint density at radius 3 is 3.28 bits per heavy atom. The van der Waals surface area contributed by atoms with Gasteiger partial charge in [-0.2, -0.15) is 0 Å². The Morgan fingerprint density at radius 1 is 1.39 bits per heavy atom. The number of nitrogens with zero attached hydrogens (tertiary/aromatic N) is 1. The second-order valence-electron chi connectivity index (χ2n) is 4.70. The highest BCUT2D eigenvalue weighted by Crippen LogP contribution is 2.23. The van der Waals surface area contributed by atoms with Gasteiger partial charge in [0.15, 0.2) is 0 Å². The molecule has 1 N–H and O–H groups in total. The second-order valence-corrected chi connectivity index (χ2v) is 5.70. The second kappa shape index (κ2) is 5.69. The highest BCUT2D eigenvalue weighted by atomic mass is 32.1. The summed E-state index contributed by atoms with van der Waals surface area (Å²) in [5.41, 5.74) is 2.75. The standard InChI is InChI=1S/C14H18N2OS/c1-5-16(10-13-3-8-18-14(1)13)6-4-15-9-12-2-7-17-11-12/h2-3,7-8,11,15H,1,4-6,9-10H2. The molecule has 0 amide bonds. The van der Waals surface area contributed by atoms with Crippen LogP contribution in [0.3, 0.4) is 0 Å². The number of furan rings is 1. The van der Waals surface area contributed by atoms with Crippen molar-refractivity contribution < 1.29 is 4.42 Å². The van der Waals surface area contributed by atoms with Crippen LogP contribution < -0.4 is 5.32 Å². The molecule has 0 fully saturated rings. The van der Waals surface area contributed by atoms with E-state index in [0.717, 1.165) is 26.2 Å². The van der Waals surface area contributed by atoms with Crippen molar-refractivity contribution in [3.05, 3.63) is 46.0 Å². The quantitative estimate of drug-likeness (QED) is 0.839. The molecule has 0 saturated carbocycles. The maximum absolute atomic E-state index is 5.04. The van der Waals surface area contributed by atoms with Gasteiger partial charge in [-0.3, -0.25) is 4.90 Å². The minimum atomic E-state index is 0.897. The summed E-state index contributed by atoms with van der Waals surface area (Å²) in [6.07, 6.45) is 4.74. The molecule has 1 aliphatic heterocycles. The molecule has 0 unspecified atom stereocenters. The first-order valence-corrected chi connectivity index (χ1v) is 7.29. The van der Waals surface area contributed by atoms with Gasteiger partial charge in [0, 0.05) is 43.2 Å². The van der Waals surface area contributed by atoms with Crippen molar-refractivity contribution in [1.29, 1.82) is 0 Å². The van der Waals surface area contributed by atoms with Crippen LogP contribution in [0.5, 0.6) is 0 Å². The Labute approximate surface area is 111 Å². The third kappa shape index (κ3) is 2.83. The van der Waals surface area contributed by atoms with Crippen LogP contribution in [0.4, 0.5) is 0 Å². The van der Waals surface area contributed by atoms with E-state index in [1.807, 2.05) is 17.4 Å². The van der Waals surface area contributed by atoms with E-state index in [9.17, 15) is 0 Å². The third-order valence-electron chi connectivity index (χ3n) is 3.40. The summed E-state index contributed by atoms with van der Waals surface area (Å²) >= 11 is 1.90. The largest absolute Gasteiger partial charge is 0.472 e. The van der Waals surface area contributed by atoms with Gasteiger partial charge in [-0.25, -0.2) is 0 Å². The predicted molar refractivity (Wildman–Crippen MR) is 73.7 cm³/mol. The molecule has 18 heavy (non-hydrogen) atoms. The molecular weight excluding hydrogens is 244 g/mol. The van der Waals surface area contributed by atoms with E-state index >= 15 is 0 Å². The zero-order valence-corrected chi connectivity index (χ0v) is 11.2. The summed E-state index contributed by atoms with van der Waals surface area (Å²) in [6.45, 7) is 5.36. The van der Waals surface area contributed by atoms with Crippen molar-refractivity contribution in [2.24, 2.45) is 0 Å².